The molecule has 0 radical (unpaired) electrons. The Morgan fingerprint density at radius 3 is 2.58 bits per heavy atom. The second kappa shape index (κ2) is 3.88. The third kappa shape index (κ3) is 1.83. The Labute approximate surface area is 70.8 Å². The number of benzene rings is 1. The summed E-state index contributed by atoms with van der Waals surface area (Å²) in [7, 11) is 1.30. The standard InChI is InChI=1S/C9H10O3/c1-7-5-3-4-6-8(7)9(10)12-11-2/h3-6H,1-2H3. The minimum Gasteiger partial charge on any atom is -0.293 e. The maximum Gasteiger partial charge on any atom is 0.373 e. The fourth-order valence-electron chi connectivity index (χ4n) is 0.923. The van der Waals surface area contributed by atoms with Crippen LogP contribution in [-0.2, 0) is 9.78 Å². The molecular weight excluding hydrogens is 156 g/mol. The third-order valence-corrected chi connectivity index (χ3v) is 1.52. The fourth-order valence-corrected chi connectivity index (χ4v) is 0.923. The largest absolute Gasteiger partial charge is 0.373 e. The summed E-state index contributed by atoms with van der Waals surface area (Å²) in [5.41, 5.74) is 1.40. The molecule has 0 aliphatic heterocycles. The maximum absolute atomic E-state index is 11.1. The number of carbonyl (C=O) groups is 1. The highest BCUT2D eigenvalue weighted by Gasteiger charge is 2.09. The van der Waals surface area contributed by atoms with Gasteiger partial charge >= 0.3 is 5.97 Å². The van der Waals surface area contributed by atoms with Gasteiger partial charge in [-0.1, -0.05) is 18.2 Å². The van der Waals surface area contributed by atoms with Crippen LogP contribution >= 0.6 is 0 Å². The molecule has 0 N–H and O–H groups in total. The highest BCUT2D eigenvalue weighted by atomic mass is 17.2. The lowest BCUT2D eigenvalue weighted by atomic mass is 10.1. The number of hydrogen-bond acceptors (Lipinski definition) is 3. The van der Waals surface area contributed by atoms with E-state index in [-0.39, 0.29) is 0 Å². The molecule has 0 heterocycles. The molecule has 0 aliphatic carbocycles. The zero-order chi connectivity index (χ0) is 8.97. The third-order valence-electron chi connectivity index (χ3n) is 1.52. The van der Waals surface area contributed by atoms with Gasteiger partial charge in [0.05, 0.1) is 12.7 Å². The van der Waals surface area contributed by atoms with E-state index in [0.29, 0.717) is 5.56 Å². The average molecular weight is 166 g/mol. The van der Waals surface area contributed by atoms with E-state index in [0.717, 1.165) is 5.56 Å². The topological polar surface area (TPSA) is 35.5 Å². The predicted molar refractivity (Wildman–Crippen MR) is 43.6 cm³/mol. The van der Waals surface area contributed by atoms with Crippen LogP contribution in [-0.4, -0.2) is 13.1 Å². The molecule has 0 amide bonds. The van der Waals surface area contributed by atoms with Crippen LogP contribution in [0.2, 0.25) is 0 Å². The van der Waals surface area contributed by atoms with Gasteiger partial charge in [-0.3, -0.25) is 4.89 Å². The number of hydrogen-bond donors (Lipinski definition) is 0. The Hall–Kier alpha value is -1.35. The van der Waals surface area contributed by atoms with Crippen LogP contribution < -0.4 is 0 Å². The fraction of sp³-hybridized carbons (Fsp3) is 0.222. The molecule has 0 bridgehead atoms. The monoisotopic (exact) mass is 166 g/mol. The van der Waals surface area contributed by atoms with Crippen molar-refractivity contribution in [3.8, 4) is 0 Å². The summed E-state index contributed by atoms with van der Waals surface area (Å²) in [6.45, 7) is 1.84. The number of carbonyl (C=O) groups excluding carboxylic acids is 1. The summed E-state index contributed by atoms with van der Waals surface area (Å²) in [5.74, 6) is -0.462. The van der Waals surface area contributed by atoms with Crippen LogP contribution in [0.3, 0.4) is 0 Å². The van der Waals surface area contributed by atoms with E-state index >= 15 is 0 Å². The Morgan fingerprint density at radius 2 is 2.00 bits per heavy atom. The highest BCUT2D eigenvalue weighted by molar-refractivity contribution is 5.90. The second-order valence-electron chi connectivity index (χ2n) is 2.35. The normalized spacial score (nSPS) is 9.50. The van der Waals surface area contributed by atoms with Crippen molar-refractivity contribution in [2.45, 2.75) is 6.92 Å². The maximum atomic E-state index is 11.1. The molecule has 1 aromatic rings. The number of rotatable bonds is 2. The molecule has 3 nitrogen and oxygen atoms in total. The van der Waals surface area contributed by atoms with Crippen LogP contribution in [0.5, 0.6) is 0 Å². The summed E-state index contributed by atoms with van der Waals surface area (Å²) in [6.07, 6.45) is 0. The van der Waals surface area contributed by atoms with E-state index in [9.17, 15) is 4.79 Å². The molecule has 12 heavy (non-hydrogen) atoms. The van der Waals surface area contributed by atoms with Gasteiger partial charge in [0.15, 0.2) is 0 Å². The first-order valence-corrected chi connectivity index (χ1v) is 3.56. The van der Waals surface area contributed by atoms with Crippen LogP contribution in [0.4, 0.5) is 0 Å². The lowest BCUT2D eigenvalue weighted by Crippen LogP contribution is -2.05. The average Bonchev–Trinajstić information content (AvgIpc) is 2.05. The van der Waals surface area contributed by atoms with Crippen LogP contribution in [0, 0.1) is 6.92 Å². The van der Waals surface area contributed by atoms with E-state index in [4.69, 9.17) is 0 Å². The Morgan fingerprint density at radius 1 is 1.33 bits per heavy atom. The van der Waals surface area contributed by atoms with Gasteiger partial charge in [0.2, 0.25) is 0 Å². The smallest absolute Gasteiger partial charge is 0.293 e. The molecule has 0 spiro atoms. The molecule has 3 heteroatoms. The second-order valence-corrected chi connectivity index (χ2v) is 2.35. The van der Waals surface area contributed by atoms with Gasteiger partial charge in [-0.05, 0) is 18.6 Å². The molecule has 64 valence electrons. The van der Waals surface area contributed by atoms with Gasteiger partial charge in [-0.25, -0.2) is 4.79 Å². The Bertz CT molecular complexity index is 281. The summed E-state index contributed by atoms with van der Waals surface area (Å²) >= 11 is 0. The van der Waals surface area contributed by atoms with Gasteiger partial charge in [0, 0.05) is 0 Å². The number of aryl methyl sites for hydroxylation is 1. The van der Waals surface area contributed by atoms with Gasteiger partial charge in [-0.2, -0.15) is 4.89 Å². The summed E-state index contributed by atoms with van der Waals surface area (Å²) < 4.78 is 0. The van der Waals surface area contributed by atoms with E-state index < -0.39 is 5.97 Å². The minimum atomic E-state index is -0.462. The quantitative estimate of drug-likeness (QED) is 0.495. The summed E-state index contributed by atoms with van der Waals surface area (Å²) in [6, 6.07) is 7.17. The van der Waals surface area contributed by atoms with Gasteiger partial charge < -0.3 is 0 Å². The zero-order valence-corrected chi connectivity index (χ0v) is 7.03. The lowest BCUT2D eigenvalue weighted by Gasteiger charge is -2.01. The molecule has 0 unspecified atom stereocenters. The van der Waals surface area contributed by atoms with Gasteiger partial charge in [-0.15, -0.1) is 0 Å². The lowest BCUT2D eigenvalue weighted by molar-refractivity contribution is -0.216. The molecule has 1 rings (SSSR count). The summed E-state index contributed by atoms with van der Waals surface area (Å²) in [5, 5.41) is 0. The molecule has 0 saturated heterocycles. The molecule has 0 atom stereocenters. The summed E-state index contributed by atoms with van der Waals surface area (Å²) in [4.78, 5) is 19.8. The predicted octanol–water partition coefficient (Wildman–Crippen LogP) is 1.71. The van der Waals surface area contributed by atoms with Crippen molar-refractivity contribution in [3.63, 3.8) is 0 Å². The van der Waals surface area contributed by atoms with Crippen LogP contribution in [0.25, 0.3) is 0 Å². The first-order chi connectivity index (χ1) is 5.75. The molecule has 0 aromatic heterocycles. The van der Waals surface area contributed by atoms with Gasteiger partial charge in [0.25, 0.3) is 0 Å². The van der Waals surface area contributed by atoms with E-state index in [2.05, 4.69) is 9.78 Å². The van der Waals surface area contributed by atoms with Crippen molar-refractivity contribution >= 4 is 5.97 Å². The van der Waals surface area contributed by atoms with Crippen molar-refractivity contribution < 1.29 is 14.6 Å². The molecular formula is C9H10O3. The van der Waals surface area contributed by atoms with Crippen LogP contribution in [0.15, 0.2) is 24.3 Å². The van der Waals surface area contributed by atoms with E-state index in [1.54, 1.807) is 12.1 Å². The van der Waals surface area contributed by atoms with Crippen molar-refractivity contribution in [2.24, 2.45) is 0 Å². The van der Waals surface area contributed by atoms with Crippen molar-refractivity contribution in [1.82, 2.24) is 0 Å². The molecule has 0 fully saturated rings. The van der Waals surface area contributed by atoms with E-state index in [1.165, 1.54) is 7.11 Å². The molecule has 1 aromatic carbocycles. The SMILES string of the molecule is COOC(=O)c1ccccc1C. The van der Waals surface area contributed by atoms with Gasteiger partial charge in [0.1, 0.15) is 0 Å². The Kier molecular flexibility index (Phi) is 2.82. The van der Waals surface area contributed by atoms with Crippen LogP contribution in [0.1, 0.15) is 15.9 Å². The van der Waals surface area contributed by atoms with E-state index in [1.807, 2.05) is 19.1 Å². The molecule has 0 saturated carbocycles. The first kappa shape index (κ1) is 8.74. The minimum absolute atomic E-state index is 0.462. The first-order valence-electron chi connectivity index (χ1n) is 3.56. The molecule has 0 aliphatic rings. The van der Waals surface area contributed by atoms with Crippen molar-refractivity contribution in [2.75, 3.05) is 7.11 Å². The Balaban J connectivity index is 2.87. The zero-order valence-electron chi connectivity index (χ0n) is 7.03. The van der Waals surface area contributed by atoms with Crippen molar-refractivity contribution in [3.05, 3.63) is 35.4 Å². The highest BCUT2D eigenvalue weighted by Crippen LogP contribution is 2.07. The van der Waals surface area contributed by atoms with Crippen molar-refractivity contribution in [1.29, 1.82) is 0 Å².